The van der Waals surface area contributed by atoms with E-state index in [1.807, 2.05) is 30.3 Å². The van der Waals surface area contributed by atoms with Crippen LogP contribution in [0.5, 0.6) is 5.88 Å². The highest BCUT2D eigenvalue weighted by molar-refractivity contribution is 7.98. The Labute approximate surface area is 111 Å². The fourth-order valence-corrected chi connectivity index (χ4v) is 2.69. The predicted molar refractivity (Wildman–Crippen MR) is 75.9 cm³/mol. The summed E-state index contributed by atoms with van der Waals surface area (Å²) < 4.78 is 5.24. The Bertz CT molecular complexity index is 543. The molecule has 0 atom stereocenters. The van der Waals surface area contributed by atoms with E-state index >= 15 is 0 Å². The molecule has 18 heavy (non-hydrogen) atoms. The van der Waals surface area contributed by atoms with Crippen molar-refractivity contribution in [3.05, 3.63) is 47.7 Å². The third-order valence-electron chi connectivity index (χ3n) is 2.64. The van der Waals surface area contributed by atoms with E-state index in [0.29, 0.717) is 5.88 Å². The number of hydrogen-bond acceptors (Lipinski definition) is 4. The zero-order valence-electron chi connectivity index (χ0n) is 10.5. The Kier molecular flexibility index (Phi) is 4.10. The first-order chi connectivity index (χ1) is 8.70. The number of anilines is 1. The van der Waals surface area contributed by atoms with Gasteiger partial charge < -0.3 is 10.5 Å². The summed E-state index contributed by atoms with van der Waals surface area (Å²) in [6.45, 7) is 2.09. The minimum atomic E-state index is 0.687. The molecule has 0 amide bonds. The Morgan fingerprint density at radius 2 is 2.17 bits per heavy atom. The summed E-state index contributed by atoms with van der Waals surface area (Å²) in [6.07, 6.45) is 1.73. The van der Waals surface area contributed by atoms with E-state index in [9.17, 15) is 0 Å². The van der Waals surface area contributed by atoms with E-state index in [2.05, 4.69) is 11.9 Å². The molecule has 4 heteroatoms. The van der Waals surface area contributed by atoms with E-state index < -0.39 is 0 Å². The molecule has 1 aromatic carbocycles. The van der Waals surface area contributed by atoms with Crippen LogP contribution in [0, 0.1) is 6.92 Å². The minimum absolute atomic E-state index is 0.687. The maximum atomic E-state index is 5.80. The van der Waals surface area contributed by atoms with Crippen LogP contribution in [0.1, 0.15) is 11.1 Å². The van der Waals surface area contributed by atoms with Gasteiger partial charge in [-0.3, -0.25) is 0 Å². The number of aromatic nitrogens is 1. The van der Waals surface area contributed by atoms with Crippen LogP contribution < -0.4 is 10.5 Å². The molecular formula is C14H16N2OS. The highest BCUT2D eigenvalue weighted by Crippen LogP contribution is 2.29. The van der Waals surface area contributed by atoms with E-state index in [0.717, 1.165) is 17.0 Å². The van der Waals surface area contributed by atoms with Crippen molar-refractivity contribution in [2.24, 2.45) is 0 Å². The standard InChI is InChI=1S/C14H16N2OS/c1-10-5-6-12(15)8-13(10)18-9-11-4-3-7-16-14(11)17-2/h3-8H,9,15H2,1-2H3. The number of rotatable bonds is 4. The summed E-state index contributed by atoms with van der Waals surface area (Å²) in [5, 5.41) is 0. The number of methoxy groups -OCH3 is 1. The van der Waals surface area contributed by atoms with Gasteiger partial charge in [0.15, 0.2) is 0 Å². The van der Waals surface area contributed by atoms with Gasteiger partial charge in [-0.25, -0.2) is 4.98 Å². The smallest absolute Gasteiger partial charge is 0.217 e. The van der Waals surface area contributed by atoms with Gasteiger partial charge in [-0.15, -0.1) is 11.8 Å². The number of benzene rings is 1. The van der Waals surface area contributed by atoms with E-state index in [4.69, 9.17) is 10.5 Å². The van der Waals surface area contributed by atoms with Crippen LogP contribution in [-0.4, -0.2) is 12.1 Å². The predicted octanol–water partition coefficient (Wildman–Crippen LogP) is 3.27. The number of nitrogens with zero attached hydrogens (tertiary/aromatic N) is 1. The van der Waals surface area contributed by atoms with Gasteiger partial charge in [0.25, 0.3) is 0 Å². The number of ether oxygens (including phenoxy) is 1. The first-order valence-corrected chi connectivity index (χ1v) is 6.66. The van der Waals surface area contributed by atoms with Crippen molar-refractivity contribution in [3.8, 4) is 5.88 Å². The van der Waals surface area contributed by atoms with E-state index in [-0.39, 0.29) is 0 Å². The fourth-order valence-electron chi connectivity index (χ4n) is 1.65. The van der Waals surface area contributed by atoms with Gasteiger partial charge in [0.1, 0.15) is 0 Å². The SMILES string of the molecule is COc1ncccc1CSc1cc(N)ccc1C. The lowest BCUT2D eigenvalue weighted by Gasteiger charge is -2.09. The first-order valence-electron chi connectivity index (χ1n) is 5.67. The molecule has 2 N–H and O–H groups in total. The second kappa shape index (κ2) is 5.78. The number of hydrogen-bond donors (Lipinski definition) is 1. The van der Waals surface area contributed by atoms with Crippen molar-refractivity contribution in [2.45, 2.75) is 17.6 Å². The van der Waals surface area contributed by atoms with Crippen molar-refractivity contribution in [2.75, 3.05) is 12.8 Å². The molecule has 0 fully saturated rings. The molecule has 0 unspecified atom stereocenters. The van der Waals surface area contributed by atoms with Crippen LogP contribution in [-0.2, 0) is 5.75 Å². The largest absolute Gasteiger partial charge is 0.481 e. The topological polar surface area (TPSA) is 48.1 Å². The van der Waals surface area contributed by atoms with E-state index in [1.165, 1.54) is 10.5 Å². The molecule has 0 radical (unpaired) electrons. The second-order valence-electron chi connectivity index (χ2n) is 3.99. The van der Waals surface area contributed by atoms with Crippen molar-refractivity contribution in [3.63, 3.8) is 0 Å². The Morgan fingerprint density at radius 1 is 1.33 bits per heavy atom. The van der Waals surface area contributed by atoms with Gasteiger partial charge in [0.05, 0.1) is 7.11 Å². The summed E-state index contributed by atoms with van der Waals surface area (Å²) in [6, 6.07) is 9.91. The molecule has 0 saturated carbocycles. The molecule has 0 aliphatic rings. The number of pyridine rings is 1. The number of nitrogen functional groups attached to an aromatic ring is 1. The molecular weight excluding hydrogens is 244 g/mol. The Hall–Kier alpha value is -1.68. The molecule has 94 valence electrons. The van der Waals surface area contributed by atoms with Crippen LogP contribution in [0.2, 0.25) is 0 Å². The van der Waals surface area contributed by atoms with Crippen molar-refractivity contribution >= 4 is 17.4 Å². The normalized spacial score (nSPS) is 10.3. The van der Waals surface area contributed by atoms with E-state index in [1.54, 1.807) is 25.1 Å². The summed E-state index contributed by atoms with van der Waals surface area (Å²) in [7, 11) is 1.64. The molecule has 2 aromatic rings. The maximum absolute atomic E-state index is 5.80. The summed E-state index contributed by atoms with van der Waals surface area (Å²) in [4.78, 5) is 5.38. The van der Waals surface area contributed by atoms with Crippen LogP contribution in [0.4, 0.5) is 5.69 Å². The monoisotopic (exact) mass is 260 g/mol. The summed E-state index contributed by atoms with van der Waals surface area (Å²) in [5.74, 6) is 1.51. The van der Waals surface area contributed by atoms with Crippen LogP contribution in [0.3, 0.4) is 0 Å². The Balaban J connectivity index is 2.14. The molecule has 3 nitrogen and oxygen atoms in total. The summed E-state index contributed by atoms with van der Waals surface area (Å²) in [5.41, 5.74) is 8.92. The van der Waals surface area contributed by atoms with Crippen molar-refractivity contribution in [1.82, 2.24) is 4.98 Å². The van der Waals surface area contributed by atoms with Gasteiger partial charge in [-0.2, -0.15) is 0 Å². The molecule has 0 saturated heterocycles. The average Bonchev–Trinajstić information content (AvgIpc) is 2.40. The molecule has 0 bridgehead atoms. The van der Waals surface area contributed by atoms with Crippen molar-refractivity contribution < 1.29 is 4.74 Å². The van der Waals surface area contributed by atoms with Crippen LogP contribution >= 0.6 is 11.8 Å². The Morgan fingerprint density at radius 3 is 2.94 bits per heavy atom. The minimum Gasteiger partial charge on any atom is -0.481 e. The highest BCUT2D eigenvalue weighted by Gasteiger charge is 2.05. The zero-order chi connectivity index (χ0) is 13.0. The molecule has 1 heterocycles. The molecule has 0 aliphatic carbocycles. The van der Waals surface area contributed by atoms with Gasteiger partial charge in [0, 0.05) is 28.1 Å². The lowest BCUT2D eigenvalue weighted by molar-refractivity contribution is 0.394. The van der Waals surface area contributed by atoms with Gasteiger partial charge in [0.2, 0.25) is 5.88 Å². The third-order valence-corrected chi connectivity index (χ3v) is 3.84. The molecule has 2 rings (SSSR count). The third kappa shape index (κ3) is 2.96. The van der Waals surface area contributed by atoms with Crippen LogP contribution in [0.15, 0.2) is 41.4 Å². The average molecular weight is 260 g/mol. The molecule has 0 aliphatic heterocycles. The van der Waals surface area contributed by atoms with Crippen molar-refractivity contribution in [1.29, 1.82) is 0 Å². The molecule has 0 spiro atoms. The highest BCUT2D eigenvalue weighted by atomic mass is 32.2. The second-order valence-corrected chi connectivity index (χ2v) is 5.00. The number of nitrogens with two attached hydrogens (primary N) is 1. The molecule has 1 aromatic heterocycles. The number of aryl methyl sites for hydroxylation is 1. The fraction of sp³-hybridized carbons (Fsp3) is 0.214. The quantitative estimate of drug-likeness (QED) is 0.677. The van der Waals surface area contributed by atoms with Crippen LogP contribution in [0.25, 0.3) is 0 Å². The van der Waals surface area contributed by atoms with Gasteiger partial charge in [-0.05, 0) is 30.7 Å². The zero-order valence-corrected chi connectivity index (χ0v) is 11.3. The first kappa shape index (κ1) is 12.8. The lowest BCUT2D eigenvalue weighted by atomic mass is 10.2. The number of thioether (sulfide) groups is 1. The lowest BCUT2D eigenvalue weighted by Crippen LogP contribution is -1.93. The summed E-state index contributed by atoms with van der Waals surface area (Å²) >= 11 is 1.74. The maximum Gasteiger partial charge on any atom is 0.217 e. The van der Waals surface area contributed by atoms with Gasteiger partial charge in [-0.1, -0.05) is 12.1 Å². The van der Waals surface area contributed by atoms with Gasteiger partial charge >= 0.3 is 0 Å².